The first kappa shape index (κ1) is 36.2. The number of nitrogens with two attached hydrogens (primary N) is 2. The van der Waals surface area contributed by atoms with Crippen molar-refractivity contribution in [3.05, 3.63) is 0 Å². The fraction of sp³-hybridized carbons (Fsp3) is 0. The fourth-order valence-corrected chi connectivity index (χ4v) is 0. The molecule has 0 amide bonds. The summed E-state index contributed by atoms with van der Waals surface area (Å²) < 4.78 is 66.9. The van der Waals surface area contributed by atoms with Gasteiger partial charge in [-0.15, -0.1) is 0 Å². The summed E-state index contributed by atoms with van der Waals surface area (Å²) in [5, 5.41) is 0. The van der Waals surface area contributed by atoms with E-state index >= 15 is 0 Å². The zero-order valence-electron chi connectivity index (χ0n) is 7.06. The van der Waals surface area contributed by atoms with Gasteiger partial charge in [0.05, 0.1) is 0 Å². The zero-order valence-corrected chi connectivity index (χ0v) is 9.85. The summed E-state index contributed by atoms with van der Waals surface area (Å²) >= 11 is 0. The van der Waals surface area contributed by atoms with Crippen molar-refractivity contribution in [3.63, 3.8) is 0 Å². The Morgan fingerprint density at radius 1 is 0.933 bits per heavy atom. The summed E-state index contributed by atoms with van der Waals surface area (Å²) in [6, 6.07) is 0. The van der Waals surface area contributed by atoms with Crippen molar-refractivity contribution in [1.29, 1.82) is 0 Å². The molecule has 0 radical (unpaired) electrons. The Balaban J connectivity index is -0.0000000197. The van der Waals surface area contributed by atoms with E-state index in [1.165, 1.54) is 0 Å². The maximum Gasteiger partial charge on any atom is 3.00 e. The third kappa shape index (κ3) is 164000. The summed E-state index contributed by atoms with van der Waals surface area (Å²) in [5.74, 6) is 8.00. The second kappa shape index (κ2) is 16.5. The summed E-state index contributed by atoms with van der Waals surface area (Å²) in [6.07, 6.45) is 0. The monoisotopic (exact) mass is 287 g/mol. The van der Waals surface area contributed by atoms with Crippen molar-refractivity contribution in [3.8, 4) is 0 Å². The van der Waals surface area contributed by atoms with E-state index in [9.17, 15) is 0 Å². The number of rotatable bonds is 0. The van der Waals surface area contributed by atoms with Gasteiger partial charge in [0.1, 0.15) is 0 Å². The minimum Gasteiger partial charge on any atom is -0.759 e. The van der Waals surface area contributed by atoms with Gasteiger partial charge < -0.3 is 25.3 Å². The van der Waals surface area contributed by atoms with Crippen LogP contribution >= 0.6 is 0 Å². The summed E-state index contributed by atoms with van der Waals surface area (Å²) in [7, 11) is -10.1. The van der Waals surface area contributed by atoms with E-state index in [2.05, 4.69) is 11.7 Å². The van der Waals surface area contributed by atoms with E-state index in [0.717, 1.165) is 0 Å². The quantitative estimate of drug-likeness (QED) is 0.108. The van der Waals surface area contributed by atoms with Crippen molar-refractivity contribution in [1.82, 2.24) is 6.15 Å². The molecule has 15 heteroatoms. The SMILES string of the molecule is N.NN.O.O=S(=O)([O-])O.O=S(=O)([O-])[O-].[Al+3]. The molecule has 94 valence electrons. The number of hydrogen-bond acceptors (Lipinski definition) is 10. The van der Waals surface area contributed by atoms with Crippen LogP contribution in [0.25, 0.3) is 0 Å². The van der Waals surface area contributed by atoms with Gasteiger partial charge in [0.15, 0.2) is 0 Å². The third-order valence-electron chi connectivity index (χ3n) is 0. The average Bonchev–Trinajstić information content (AvgIpc) is 1.59. The van der Waals surface area contributed by atoms with Crippen LogP contribution in [0.4, 0.5) is 0 Å². The summed E-state index contributed by atoms with van der Waals surface area (Å²) in [4.78, 5) is 0. The van der Waals surface area contributed by atoms with Crippen LogP contribution in [-0.4, -0.2) is 57.9 Å². The molecule has 0 heterocycles. The first-order valence-electron chi connectivity index (χ1n) is 1.68. The molecule has 0 spiro atoms. The summed E-state index contributed by atoms with van der Waals surface area (Å²) in [6.45, 7) is 0. The minimum absolute atomic E-state index is 0. The second-order valence-corrected chi connectivity index (χ2v) is 2.51. The van der Waals surface area contributed by atoms with E-state index in [-0.39, 0.29) is 29.0 Å². The van der Waals surface area contributed by atoms with Crippen molar-refractivity contribution in [2.75, 3.05) is 0 Å². The molecule has 0 atom stereocenters. The molecule has 0 aromatic rings. The standard InChI is InChI=1S/Al.H4N2.H3N.2H2O4S.H2O/c;1-2;;2*1-5(2,3)4;/h;1-2H2;1H3;2*(H2,1,2,3,4);1H2/q+3;;;;;/p-3. The minimum atomic E-state index is -5.17. The van der Waals surface area contributed by atoms with Crippen LogP contribution in [-0.2, 0) is 20.8 Å². The van der Waals surface area contributed by atoms with E-state index in [1.54, 1.807) is 0 Å². The Kier molecular flexibility index (Phi) is 40.0. The van der Waals surface area contributed by atoms with Crippen LogP contribution in [0, 0.1) is 0 Å². The number of hydrazine groups is 1. The van der Waals surface area contributed by atoms with Gasteiger partial charge in [-0.1, -0.05) is 0 Å². The maximum absolute atomic E-state index is 8.63. The molecule has 0 aromatic carbocycles. The summed E-state index contributed by atoms with van der Waals surface area (Å²) in [5.41, 5.74) is 0. The molecule has 0 unspecified atom stereocenters. The molecule has 0 saturated heterocycles. The van der Waals surface area contributed by atoms with Gasteiger partial charge in [-0.2, -0.15) is 0 Å². The van der Waals surface area contributed by atoms with Crippen LogP contribution in [0.2, 0.25) is 0 Å². The van der Waals surface area contributed by atoms with Crippen LogP contribution in [0.1, 0.15) is 0 Å². The maximum atomic E-state index is 8.63. The van der Waals surface area contributed by atoms with Crippen molar-refractivity contribution < 1.29 is 40.5 Å². The largest absolute Gasteiger partial charge is 3.00 e. The molecule has 15 heavy (non-hydrogen) atoms. The predicted octanol–water partition coefficient (Wildman–Crippen LogP) is -4.56. The molecule has 0 rings (SSSR count). The molecule has 10 N–H and O–H groups in total. The predicted molar refractivity (Wildman–Crippen MR) is 45.6 cm³/mol. The van der Waals surface area contributed by atoms with Crippen LogP contribution < -0.4 is 17.8 Å². The Morgan fingerprint density at radius 2 is 0.933 bits per heavy atom. The molecular weight excluding hydrogens is 277 g/mol. The van der Waals surface area contributed by atoms with Gasteiger partial charge in [-0.25, -0.2) is 8.42 Å². The Bertz CT molecular complexity index is 220. The Hall–Kier alpha value is 0.112. The molecule has 0 saturated carbocycles. The molecule has 12 nitrogen and oxygen atoms in total. The smallest absolute Gasteiger partial charge is 0.759 e. The Labute approximate surface area is 96.8 Å². The van der Waals surface area contributed by atoms with Crippen LogP contribution in [0.3, 0.4) is 0 Å². The molecular formula is H10AlN3O9S2. The average molecular weight is 287 g/mol. The third-order valence-corrected chi connectivity index (χ3v) is 0. The van der Waals surface area contributed by atoms with Crippen LogP contribution in [0.5, 0.6) is 0 Å². The van der Waals surface area contributed by atoms with Gasteiger partial charge >= 0.3 is 17.4 Å². The van der Waals surface area contributed by atoms with Gasteiger partial charge in [0.25, 0.3) is 0 Å². The fourth-order valence-electron chi connectivity index (χ4n) is 0. The Morgan fingerprint density at radius 3 is 0.933 bits per heavy atom. The van der Waals surface area contributed by atoms with Gasteiger partial charge in [-0.3, -0.25) is 24.7 Å². The van der Waals surface area contributed by atoms with E-state index in [4.69, 9.17) is 35.0 Å². The molecule has 0 aromatic heterocycles. The first-order chi connectivity index (χ1) is 5.00. The molecule has 0 fully saturated rings. The molecule has 0 aliphatic carbocycles. The van der Waals surface area contributed by atoms with Crippen molar-refractivity contribution >= 4 is 38.2 Å². The van der Waals surface area contributed by atoms with Crippen LogP contribution in [0.15, 0.2) is 0 Å². The topological polar surface area (TPSA) is 276 Å². The first-order valence-corrected chi connectivity index (χ1v) is 4.38. The second-order valence-electron chi connectivity index (χ2n) is 0.836. The molecule has 0 aliphatic rings. The van der Waals surface area contributed by atoms with Crippen molar-refractivity contribution in [2.24, 2.45) is 11.7 Å². The molecule has 0 aliphatic heterocycles. The van der Waals surface area contributed by atoms with E-state index < -0.39 is 20.8 Å². The molecule has 0 bridgehead atoms. The van der Waals surface area contributed by atoms with Gasteiger partial charge in [0.2, 0.25) is 10.4 Å². The normalized spacial score (nSPS) is 8.13. The number of hydrogen-bond donors (Lipinski definition) is 4. The van der Waals surface area contributed by atoms with Gasteiger partial charge in [0, 0.05) is 10.4 Å². The van der Waals surface area contributed by atoms with E-state index in [1.807, 2.05) is 0 Å². The zero-order chi connectivity index (χ0) is 11.0. The van der Waals surface area contributed by atoms with Gasteiger partial charge in [-0.05, 0) is 0 Å². The van der Waals surface area contributed by atoms with Crippen molar-refractivity contribution in [2.45, 2.75) is 0 Å². The van der Waals surface area contributed by atoms with E-state index in [0.29, 0.717) is 0 Å².